The number of ether oxygens (including phenoxy) is 1. The van der Waals surface area contributed by atoms with Crippen LogP contribution in [-0.2, 0) is 11.2 Å². The van der Waals surface area contributed by atoms with Crippen molar-refractivity contribution in [3.05, 3.63) is 59.2 Å². The van der Waals surface area contributed by atoms with Gasteiger partial charge in [0.25, 0.3) is 5.91 Å². The van der Waals surface area contributed by atoms with Crippen molar-refractivity contribution in [2.45, 2.75) is 13.3 Å². The van der Waals surface area contributed by atoms with E-state index in [1.165, 1.54) is 0 Å². The molecule has 0 unspecified atom stereocenters. The van der Waals surface area contributed by atoms with Crippen LogP contribution in [0.15, 0.2) is 42.5 Å². The third-order valence-corrected chi connectivity index (χ3v) is 3.94. The van der Waals surface area contributed by atoms with Crippen LogP contribution in [0.4, 0.5) is 5.69 Å². The molecule has 118 valence electrons. The summed E-state index contributed by atoms with van der Waals surface area (Å²) in [6.07, 6.45) is 2.70. The lowest BCUT2D eigenvalue weighted by atomic mass is 10.0. The smallest absolute Gasteiger partial charge is 0.256 e. The summed E-state index contributed by atoms with van der Waals surface area (Å²) in [6.45, 7) is 2.59. The number of fused-ring (bicyclic) bond motifs is 1. The zero-order valence-corrected chi connectivity index (χ0v) is 13.7. The number of rotatable bonds is 5. The number of benzene rings is 2. The molecule has 0 radical (unpaired) electrons. The lowest BCUT2D eigenvalue weighted by Gasteiger charge is -2.04. The van der Waals surface area contributed by atoms with E-state index in [9.17, 15) is 4.79 Å². The monoisotopic (exact) mass is 327 g/mol. The maximum absolute atomic E-state index is 12.2. The zero-order valence-electron chi connectivity index (χ0n) is 12.9. The fourth-order valence-electron chi connectivity index (χ4n) is 2.64. The van der Waals surface area contributed by atoms with Crippen LogP contribution in [0.2, 0.25) is 0 Å². The molecule has 0 aromatic heterocycles. The Morgan fingerprint density at radius 2 is 1.96 bits per heavy atom. The number of alkyl halides is 1. The Morgan fingerprint density at radius 3 is 2.65 bits per heavy atom. The molecule has 0 saturated heterocycles. The molecule has 0 saturated carbocycles. The maximum Gasteiger partial charge on any atom is 0.256 e. The first-order valence-corrected chi connectivity index (χ1v) is 8.20. The van der Waals surface area contributed by atoms with Crippen LogP contribution in [0.1, 0.15) is 23.6 Å². The summed E-state index contributed by atoms with van der Waals surface area (Å²) < 4.78 is 5.44. The maximum atomic E-state index is 12.2. The number of amides is 1. The average molecular weight is 328 g/mol. The Hall–Kier alpha value is -2.26. The van der Waals surface area contributed by atoms with Gasteiger partial charge >= 0.3 is 0 Å². The molecule has 2 aromatic rings. The highest BCUT2D eigenvalue weighted by atomic mass is 35.5. The van der Waals surface area contributed by atoms with E-state index >= 15 is 0 Å². The van der Waals surface area contributed by atoms with E-state index in [0.29, 0.717) is 18.1 Å². The van der Waals surface area contributed by atoms with Gasteiger partial charge in [-0.3, -0.25) is 4.79 Å². The molecule has 23 heavy (non-hydrogen) atoms. The molecule has 0 atom stereocenters. The summed E-state index contributed by atoms with van der Waals surface area (Å²) in [5.74, 6) is 1.32. The van der Waals surface area contributed by atoms with Crippen LogP contribution >= 0.6 is 11.6 Å². The molecule has 1 N–H and O–H groups in total. The number of aryl methyl sites for hydroxylation is 1. The fourth-order valence-corrected chi connectivity index (χ4v) is 2.85. The van der Waals surface area contributed by atoms with Crippen LogP contribution < -0.4 is 10.1 Å². The van der Waals surface area contributed by atoms with E-state index < -0.39 is 0 Å². The quantitative estimate of drug-likeness (QED) is 0.654. The van der Waals surface area contributed by atoms with E-state index in [0.717, 1.165) is 34.5 Å². The first kappa shape index (κ1) is 15.6. The Labute approximate surface area is 140 Å². The molecule has 1 aliphatic heterocycles. The van der Waals surface area contributed by atoms with Crippen molar-refractivity contribution >= 4 is 34.8 Å². The van der Waals surface area contributed by atoms with Crippen molar-refractivity contribution in [3.8, 4) is 5.75 Å². The minimum atomic E-state index is -0.0723. The van der Waals surface area contributed by atoms with Gasteiger partial charge < -0.3 is 10.1 Å². The topological polar surface area (TPSA) is 38.3 Å². The van der Waals surface area contributed by atoms with Gasteiger partial charge in [0.2, 0.25) is 0 Å². The zero-order chi connectivity index (χ0) is 16.2. The van der Waals surface area contributed by atoms with Gasteiger partial charge in [0, 0.05) is 22.7 Å². The molecule has 1 amide bonds. The van der Waals surface area contributed by atoms with Gasteiger partial charge in [0.15, 0.2) is 0 Å². The van der Waals surface area contributed by atoms with Gasteiger partial charge in [-0.2, -0.15) is 0 Å². The van der Waals surface area contributed by atoms with E-state index in [-0.39, 0.29) is 5.91 Å². The summed E-state index contributed by atoms with van der Waals surface area (Å²) in [5, 5.41) is 2.90. The molecule has 4 heteroatoms. The molecule has 0 aliphatic carbocycles. The van der Waals surface area contributed by atoms with Gasteiger partial charge in [-0.25, -0.2) is 0 Å². The lowest BCUT2D eigenvalue weighted by Crippen LogP contribution is -2.03. The lowest BCUT2D eigenvalue weighted by molar-refractivity contribution is -0.110. The van der Waals surface area contributed by atoms with Crippen LogP contribution in [0.3, 0.4) is 0 Å². The predicted octanol–water partition coefficient (Wildman–Crippen LogP) is 4.36. The predicted molar refractivity (Wildman–Crippen MR) is 95.0 cm³/mol. The molecule has 2 aromatic carbocycles. The highest BCUT2D eigenvalue weighted by molar-refractivity contribution is 6.35. The van der Waals surface area contributed by atoms with Gasteiger partial charge in [-0.1, -0.05) is 18.2 Å². The van der Waals surface area contributed by atoms with Crippen molar-refractivity contribution in [2.75, 3.05) is 17.8 Å². The van der Waals surface area contributed by atoms with Gasteiger partial charge in [0.1, 0.15) is 5.75 Å². The number of hydrogen-bond acceptors (Lipinski definition) is 2. The standard InChI is InChI=1S/C19H18ClNO2/c1-2-23-15-6-3-13(4-7-15)12-17-16-11-14(9-10-20)5-8-18(16)21-19(17)22/h3-8,11-12H,2,9-10H2,1H3,(H,21,22). The van der Waals surface area contributed by atoms with E-state index in [4.69, 9.17) is 16.3 Å². The van der Waals surface area contributed by atoms with Crippen molar-refractivity contribution in [1.29, 1.82) is 0 Å². The number of carbonyl (C=O) groups is 1. The Balaban J connectivity index is 1.93. The number of nitrogens with one attached hydrogen (secondary N) is 1. The van der Waals surface area contributed by atoms with E-state index in [2.05, 4.69) is 5.32 Å². The van der Waals surface area contributed by atoms with Crippen molar-refractivity contribution in [3.63, 3.8) is 0 Å². The number of halogens is 1. The second kappa shape index (κ2) is 6.88. The minimum absolute atomic E-state index is 0.0723. The van der Waals surface area contributed by atoms with Crippen molar-refractivity contribution in [2.24, 2.45) is 0 Å². The van der Waals surface area contributed by atoms with E-state index in [1.54, 1.807) is 0 Å². The normalized spacial score (nSPS) is 14.7. The summed E-state index contributed by atoms with van der Waals surface area (Å²) >= 11 is 5.81. The van der Waals surface area contributed by atoms with Gasteiger partial charge in [0.05, 0.1) is 6.61 Å². The molecule has 3 nitrogen and oxygen atoms in total. The first-order chi connectivity index (χ1) is 11.2. The second-order valence-corrected chi connectivity index (χ2v) is 5.71. The molecule has 0 fully saturated rings. The molecular formula is C19H18ClNO2. The molecule has 3 rings (SSSR count). The van der Waals surface area contributed by atoms with Crippen molar-refractivity contribution in [1.82, 2.24) is 0 Å². The second-order valence-electron chi connectivity index (χ2n) is 5.33. The molecule has 0 spiro atoms. The molecule has 1 heterocycles. The summed E-state index contributed by atoms with van der Waals surface area (Å²) in [5.41, 5.74) is 4.57. The van der Waals surface area contributed by atoms with E-state index in [1.807, 2.05) is 55.5 Å². The largest absolute Gasteiger partial charge is 0.494 e. The fraction of sp³-hybridized carbons (Fsp3) is 0.211. The number of carbonyl (C=O) groups excluding carboxylic acids is 1. The Bertz CT molecular complexity index is 750. The minimum Gasteiger partial charge on any atom is -0.494 e. The number of anilines is 1. The average Bonchev–Trinajstić information content (AvgIpc) is 2.85. The Kier molecular flexibility index (Phi) is 4.68. The first-order valence-electron chi connectivity index (χ1n) is 7.66. The summed E-state index contributed by atoms with van der Waals surface area (Å²) in [7, 11) is 0. The van der Waals surface area contributed by atoms with Crippen LogP contribution in [0, 0.1) is 0 Å². The van der Waals surface area contributed by atoms with Crippen LogP contribution in [0.5, 0.6) is 5.75 Å². The van der Waals surface area contributed by atoms with Gasteiger partial charge in [-0.15, -0.1) is 11.6 Å². The van der Waals surface area contributed by atoms with Crippen LogP contribution in [-0.4, -0.2) is 18.4 Å². The SMILES string of the molecule is CCOc1ccc(C=C2C(=O)Nc3ccc(CCCl)cc32)cc1. The van der Waals surface area contributed by atoms with Gasteiger partial charge in [-0.05, 0) is 54.8 Å². The highest BCUT2D eigenvalue weighted by Gasteiger charge is 2.24. The third-order valence-electron chi connectivity index (χ3n) is 3.75. The number of hydrogen-bond donors (Lipinski definition) is 1. The molecule has 1 aliphatic rings. The summed E-state index contributed by atoms with van der Waals surface area (Å²) in [4.78, 5) is 12.2. The molecular weight excluding hydrogens is 310 g/mol. The highest BCUT2D eigenvalue weighted by Crippen LogP contribution is 2.34. The molecule has 0 bridgehead atoms. The summed E-state index contributed by atoms with van der Waals surface area (Å²) in [6, 6.07) is 13.7. The third kappa shape index (κ3) is 3.40. The van der Waals surface area contributed by atoms with Crippen molar-refractivity contribution < 1.29 is 9.53 Å². The van der Waals surface area contributed by atoms with Crippen LogP contribution in [0.25, 0.3) is 11.6 Å². The Morgan fingerprint density at radius 1 is 1.17 bits per heavy atom.